The number of carboxylic acid groups (broad SMARTS) is 1. The Bertz CT molecular complexity index is 408. The highest BCUT2D eigenvalue weighted by Crippen LogP contribution is 2.42. The monoisotopic (exact) mass is 282 g/mol. The summed E-state index contributed by atoms with van der Waals surface area (Å²) in [6, 6.07) is 0.104. The second kappa shape index (κ2) is 5.24. The Kier molecular flexibility index (Phi) is 3.58. The predicted molar refractivity (Wildman–Crippen MR) is 71.4 cm³/mol. The van der Waals surface area contributed by atoms with E-state index >= 15 is 0 Å². The first-order valence-electron chi connectivity index (χ1n) is 7.53. The average molecular weight is 282 g/mol. The van der Waals surface area contributed by atoms with Crippen LogP contribution in [0.1, 0.15) is 39.0 Å². The molecule has 2 N–H and O–H groups in total. The average Bonchev–Trinajstić information content (AvgIpc) is 2.93. The lowest BCUT2D eigenvalue weighted by atomic mass is 9.89. The Labute approximate surface area is 118 Å². The van der Waals surface area contributed by atoms with E-state index in [0.29, 0.717) is 13.0 Å². The van der Waals surface area contributed by atoms with Crippen molar-refractivity contribution in [1.82, 2.24) is 10.2 Å². The van der Waals surface area contributed by atoms with Crippen molar-refractivity contribution in [2.75, 3.05) is 6.61 Å². The Hall–Kier alpha value is -1.30. The minimum atomic E-state index is -0.768. The number of nitrogens with zero attached hydrogens (tertiary/aromatic N) is 1. The molecular formula is C14H22N2O4. The zero-order chi connectivity index (χ0) is 14.3. The molecule has 3 fully saturated rings. The molecule has 2 aliphatic heterocycles. The Morgan fingerprint density at radius 3 is 2.65 bits per heavy atom. The molecule has 0 aromatic carbocycles. The van der Waals surface area contributed by atoms with E-state index in [-0.39, 0.29) is 36.2 Å². The third-order valence-electron chi connectivity index (χ3n) is 4.91. The van der Waals surface area contributed by atoms with Crippen molar-refractivity contribution >= 4 is 12.0 Å². The molecule has 1 aliphatic carbocycles. The smallest absolute Gasteiger partial charge is 0.318 e. The first-order chi connectivity index (χ1) is 9.60. The van der Waals surface area contributed by atoms with Crippen LogP contribution in [0.25, 0.3) is 0 Å². The van der Waals surface area contributed by atoms with Gasteiger partial charge in [-0.1, -0.05) is 0 Å². The number of fused-ring (bicyclic) bond motifs is 2. The summed E-state index contributed by atoms with van der Waals surface area (Å²) in [5.74, 6) is -1.15. The molecule has 2 heterocycles. The highest BCUT2D eigenvalue weighted by atomic mass is 16.5. The van der Waals surface area contributed by atoms with Crippen molar-refractivity contribution in [2.24, 2.45) is 5.92 Å². The SMILES string of the molecule is CCOC1CC(NC(=O)N2C3CCC2C(C(=O)O)C3)C1. The maximum atomic E-state index is 12.3. The number of aliphatic carboxylic acids is 1. The first kappa shape index (κ1) is 13.7. The topological polar surface area (TPSA) is 78.9 Å². The van der Waals surface area contributed by atoms with Crippen LogP contribution in [0.4, 0.5) is 4.79 Å². The van der Waals surface area contributed by atoms with Gasteiger partial charge in [-0.05, 0) is 39.0 Å². The van der Waals surface area contributed by atoms with Crippen LogP contribution >= 0.6 is 0 Å². The molecule has 20 heavy (non-hydrogen) atoms. The molecule has 3 atom stereocenters. The van der Waals surface area contributed by atoms with Crippen molar-refractivity contribution < 1.29 is 19.4 Å². The summed E-state index contributed by atoms with van der Waals surface area (Å²) in [4.78, 5) is 25.3. The van der Waals surface area contributed by atoms with Crippen LogP contribution in [0, 0.1) is 5.92 Å². The number of hydrogen-bond donors (Lipinski definition) is 2. The van der Waals surface area contributed by atoms with Crippen molar-refractivity contribution in [3.63, 3.8) is 0 Å². The second-order valence-corrected chi connectivity index (χ2v) is 6.08. The van der Waals surface area contributed by atoms with Gasteiger partial charge in [0.15, 0.2) is 0 Å². The number of nitrogens with one attached hydrogen (secondary N) is 1. The molecule has 1 saturated carbocycles. The number of carboxylic acids is 1. The highest BCUT2D eigenvalue weighted by Gasteiger charge is 2.51. The molecule has 112 valence electrons. The van der Waals surface area contributed by atoms with Crippen LogP contribution < -0.4 is 5.32 Å². The molecule has 6 heteroatoms. The van der Waals surface area contributed by atoms with E-state index in [1.807, 2.05) is 6.92 Å². The number of rotatable bonds is 4. The highest BCUT2D eigenvalue weighted by molar-refractivity contribution is 5.79. The van der Waals surface area contributed by atoms with Crippen molar-refractivity contribution in [2.45, 2.75) is 63.3 Å². The molecule has 0 radical (unpaired) electrons. The van der Waals surface area contributed by atoms with Gasteiger partial charge in [0, 0.05) is 24.7 Å². The largest absolute Gasteiger partial charge is 0.481 e. The van der Waals surface area contributed by atoms with E-state index in [1.165, 1.54) is 0 Å². The molecule has 0 spiro atoms. The second-order valence-electron chi connectivity index (χ2n) is 6.08. The summed E-state index contributed by atoms with van der Waals surface area (Å²) < 4.78 is 5.48. The van der Waals surface area contributed by atoms with Gasteiger partial charge in [-0.15, -0.1) is 0 Å². The lowest BCUT2D eigenvalue weighted by Crippen LogP contribution is -2.53. The molecule has 3 aliphatic rings. The van der Waals surface area contributed by atoms with Crippen molar-refractivity contribution in [1.29, 1.82) is 0 Å². The number of ether oxygens (including phenoxy) is 1. The van der Waals surface area contributed by atoms with E-state index in [9.17, 15) is 14.7 Å². The van der Waals surface area contributed by atoms with E-state index in [0.717, 1.165) is 25.7 Å². The summed E-state index contributed by atoms with van der Waals surface area (Å²) in [6.07, 6.45) is 4.37. The molecule has 0 aromatic heterocycles. The van der Waals surface area contributed by atoms with Gasteiger partial charge in [0.25, 0.3) is 0 Å². The molecule has 2 bridgehead atoms. The van der Waals surface area contributed by atoms with Crippen LogP contribution in [0.2, 0.25) is 0 Å². The lowest BCUT2D eigenvalue weighted by molar-refractivity contribution is -0.142. The quantitative estimate of drug-likeness (QED) is 0.812. The van der Waals surface area contributed by atoms with Crippen LogP contribution in [0.3, 0.4) is 0 Å². The van der Waals surface area contributed by atoms with Crippen molar-refractivity contribution in [3.8, 4) is 0 Å². The van der Waals surface area contributed by atoms with Gasteiger partial charge in [-0.2, -0.15) is 0 Å². The first-order valence-corrected chi connectivity index (χ1v) is 7.53. The van der Waals surface area contributed by atoms with E-state index in [2.05, 4.69) is 5.32 Å². The summed E-state index contributed by atoms with van der Waals surface area (Å²) in [5.41, 5.74) is 0. The Morgan fingerprint density at radius 1 is 1.30 bits per heavy atom. The predicted octanol–water partition coefficient (Wildman–Crippen LogP) is 1.20. The summed E-state index contributed by atoms with van der Waals surface area (Å²) in [6.45, 7) is 2.68. The van der Waals surface area contributed by atoms with Gasteiger partial charge >= 0.3 is 12.0 Å². The fraction of sp³-hybridized carbons (Fsp3) is 0.857. The van der Waals surface area contributed by atoms with Gasteiger partial charge in [-0.25, -0.2) is 4.79 Å². The van der Waals surface area contributed by atoms with Gasteiger partial charge in [0.1, 0.15) is 0 Å². The van der Waals surface area contributed by atoms with Gasteiger partial charge < -0.3 is 20.1 Å². The molecule has 2 amide bonds. The third-order valence-corrected chi connectivity index (χ3v) is 4.91. The maximum Gasteiger partial charge on any atom is 0.318 e. The minimum absolute atomic E-state index is 0.0822. The van der Waals surface area contributed by atoms with Crippen LogP contribution in [-0.4, -0.2) is 52.8 Å². The van der Waals surface area contributed by atoms with E-state index in [1.54, 1.807) is 4.90 Å². The number of carbonyl (C=O) groups is 2. The van der Waals surface area contributed by atoms with E-state index < -0.39 is 5.97 Å². The number of hydrogen-bond acceptors (Lipinski definition) is 3. The Balaban J connectivity index is 1.53. The fourth-order valence-corrected chi connectivity index (χ4v) is 3.88. The van der Waals surface area contributed by atoms with Crippen LogP contribution in [0.15, 0.2) is 0 Å². The summed E-state index contributed by atoms with van der Waals surface area (Å²) >= 11 is 0. The molecule has 0 aromatic rings. The zero-order valence-corrected chi connectivity index (χ0v) is 11.7. The van der Waals surface area contributed by atoms with Crippen molar-refractivity contribution in [3.05, 3.63) is 0 Å². The van der Waals surface area contributed by atoms with E-state index in [4.69, 9.17) is 4.74 Å². The number of amides is 2. The molecule has 3 rings (SSSR count). The van der Waals surface area contributed by atoms with Gasteiger partial charge in [0.2, 0.25) is 0 Å². The van der Waals surface area contributed by atoms with Crippen LogP contribution in [0.5, 0.6) is 0 Å². The third kappa shape index (κ3) is 2.26. The normalized spacial score (nSPS) is 38.6. The minimum Gasteiger partial charge on any atom is -0.481 e. The summed E-state index contributed by atoms with van der Waals surface area (Å²) in [7, 11) is 0. The van der Waals surface area contributed by atoms with Gasteiger partial charge in [0.05, 0.1) is 12.0 Å². The zero-order valence-electron chi connectivity index (χ0n) is 11.7. The lowest BCUT2D eigenvalue weighted by Gasteiger charge is -2.37. The molecule has 3 unspecified atom stereocenters. The van der Waals surface area contributed by atoms with Crippen LogP contribution in [-0.2, 0) is 9.53 Å². The Morgan fingerprint density at radius 2 is 2.05 bits per heavy atom. The molecule has 2 saturated heterocycles. The molecule has 6 nitrogen and oxygen atoms in total. The number of carbonyl (C=O) groups excluding carboxylic acids is 1. The fourth-order valence-electron chi connectivity index (χ4n) is 3.88. The summed E-state index contributed by atoms with van der Waals surface area (Å²) in [5, 5.41) is 12.2. The molecular weight excluding hydrogens is 260 g/mol. The van der Waals surface area contributed by atoms with Gasteiger partial charge in [-0.3, -0.25) is 4.79 Å². The number of urea groups is 1. The maximum absolute atomic E-state index is 12.3. The standard InChI is InChI=1S/C14H22N2O4/c1-2-20-10-5-8(6-10)15-14(19)16-9-3-4-12(16)11(7-9)13(17)18/h8-12H,2-7H2,1H3,(H,15,19)(H,17,18).